The maximum atomic E-state index is 11.9. The number of rotatable bonds is 15. The third-order valence-corrected chi connectivity index (χ3v) is 9.62. The number of amides is 1. The summed E-state index contributed by atoms with van der Waals surface area (Å²) in [5.41, 5.74) is 11.3. The van der Waals surface area contributed by atoms with Crippen molar-refractivity contribution in [3.05, 3.63) is 120 Å². The summed E-state index contributed by atoms with van der Waals surface area (Å²) < 4.78 is 25.6. The van der Waals surface area contributed by atoms with Crippen LogP contribution in [0.3, 0.4) is 0 Å². The van der Waals surface area contributed by atoms with E-state index >= 15 is 0 Å². The Morgan fingerprint density at radius 3 is 1.71 bits per heavy atom. The predicted molar refractivity (Wildman–Crippen MR) is 262 cm³/mol. The quantitative estimate of drug-likeness (QED) is 0.0381. The highest BCUT2D eigenvalue weighted by Gasteiger charge is 2.06. The van der Waals surface area contributed by atoms with Gasteiger partial charge >= 0.3 is 5.97 Å². The second kappa shape index (κ2) is 31.4. The van der Waals surface area contributed by atoms with Gasteiger partial charge in [-0.15, -0.1) is 0 Å². The molecule has 4 aromatic heterocycles. The third-order valence-electron chi connectivity index (χ3n) is 8.80. The van der Waals surface area contributed by atoms with Gasteiger partial charge in [-0.3, -0.25) is 9.18 Å². The smallest absolute Gasteiger partial charge is 0.382 e. The number of H-pyrrole nitrogens is 2. The van der Waals surface area contributed by atoms with Crippen LogP contribution in [0.5, 0.6) is 11.5 Å². The number of carbonyl (C=O) groups excluding carboxylic acids is 1. The van der Waals surface area contributed by atoms with E-state index in [2.05, 4.69) is 55.1 Å². The number of hydrogen-bond donors (Lipinski definition) is 5. The SMILES string of the molecule is C.C.COc1cccc(C#CC(=O)NCCCC(=S)CCc2ccnc3[nH]ccc23)c1.COc1cccc(C#CC(=O)O)c1.NCCCC(=S)CCc1ccnc2[nH]ccc12.[2H]CF. The van der Waals surface area contributed by atoms with Gasteiger partial charge in [-0.1, -0.05) is 63.3 Å². The van der Waals surface area contributed by atoms with E-state index in [0.717, 1.165) is 95.6 Å². The fraction of sp³-hybridized carbons (Fsp3) is 0.306. The highest BCUT2D eigenvalue weighted by atomic mass is 32.1. The predicted octanol–water partition coefficient (Wildman–Crippen LogP) is 9.42. The largest absolute Gasteiger partial charge is 0.497 e. The van der Waals surface area contributed by atoms with E-state index in [4.69, 9.17) is 46.1 Å². The summed E-state index contributed by atoms with van der Waals surface area (Å²) in [7, 11) is 2.14. The lowest BCUT2D eigenvalue weighted by Gasteiger charge is -2.06. The maximum absolute atomic E-state index is 11.9. The Morgan fingerprint density at radius 2 is 1.25 bits per heavy atom. The van der Waals surface area contributed by atoms with Crippen molar-refractivity contribution in [1.29, 1.82) is 0 Å². The molecule has 0 aliphatic carbocycles. The van der Waals surface area contributed by atoms with Gasteiger partial charge in [0.1, 0.15) is 22.8 Å². The van der Waals surface area contributed by atoms with Crippen LogP contribution in [-0.4, -0.2) is 81.1 Å². The highest BCUT2D eigenvalue weighted by molar-refractivity contribution is 7.80. The molecule has 0 aliphatic rings. The van der Waals surface area contributed by atoms with Crippen molar-refractivity contribution >= 4 is 68.1 Å². The molecule has 0 spiro atoms. The Hall–Kier alpha value is -6.45. The number of pyridine rings is 2. The van der Waals surface area contributed by atoms with Gasteiger partial charge in [0, 0.05) is 65.1 Å². The number of alkyl halides is 1. The van der Waals surface area contributed by atoms with Gasteiger partial charge in [0.2, 0.25) is 0 Å². The van der Waals surface area contributed by atoms with Gasteiger partial charge in [0.15, 0.2) is 0 Å². The molecule has 0 atom stereocenters. The number of aliphatic carboxylic acids is 1. The number of nitrogens with two attached hydrogens (primary N) is 1. The fourth-order valence-corrected chi connectivity index (χ4v) is 6.25. The molecule has 4 heterocycles. The number of carboxylic acid groups (broad SMARTS) is 1. The summed E-state index contributed by atoms with van der Waals surface area (Å²) in [5.74, 6) is 9.92. The number of thiocarbonyl (C=S) groups is 2. The summed E-state index contributed by atoms with van der Waals surface area (Å²) in [5, 5.41) is 13.5. The van der Waals surface area contributed by atoms with Crippen LogP contribution in [0.25, 0.3) is 22.1 Å². The molecular weight excluding hydrogens is 836 g/mol. The first kappa shape index (κ1) is 52.7. The standard InChI is InChI=1S/C23H23N3O2S.C13H17N3S.C10H8O3.CH3F.2CH4/c1-28-19-5-2-4-17(16-19)7-10-22(27)24-13-3-6-20(29)9-8-18-11-14-25-23-21(18)12-15-26-23;14-7-1-2-11(17)4-3-10-5-8-15-13-12(10)6-9-16-13;1-13-9-4-2-3-8(7-9)5-6-10(11)12;1-2;;/h2,4-5,11-12,14-16H,3,6,8-9,13H2,1H3,(H,24,27)(H,25,26);5-6,8-9H,1-4,7,14H2,(H,15,16);2-4,7H,1H3,(H,11,12);1H3;2*1H4/i;;;1D;;. The van der Waals surface area contributed by atoms with Crippen LogP contribution < -0.4 is 20.5 Å². The van der Waals surface area contributed by atoms with E-state index in [0.29, 0.717) is 17.9 Å². The molecular formula is C49H59FN6O5S2. The zero-order valence-corrected chi connectivity index (χ0v) is 35.9. The number of fused-ring (bicyclic) bond motifs is 2. The van der Waals surface area contributed by atoms with Gasteiger partial charge in [-0.2, -0.15) is 0 Å². The van der Waals surface area contributed by atoms with E-state index in [1.165, 1.54) is 16.5 Å². The number of carboxylic acids is 1. The third kappa shape index (κ3) is 20.3. The number of carbonyl (C=O) groups is 2. The Balaban J connectivity index is 0.000000498. The fourth-order valence-electron chi connectivity index (χ4n) is 5.76. The van der Waals surface area contributed by atoms with E-state index in [9.17, 15) is 14.0 Å². The van der Waals surface area contributed by atoms with Gasteiger partial charge in [-0.05, 0) is 139 Å². The zero-order chi connectivity index (χ0) is 45.0. The minimum absolute atomic E-state index is 0. The first-order valence-corrected chi connectivity index (χ1v) is 20.2. The number of methoxy groups -OCH3 is 2. The van der Waals surface area contributed by atoms with Crippen molar-refractivity contribution in [2.45, 2.75) is 66.2 Å². The normalized spacial score (nSPS) is 9.68. The average molecular weight is 896 g/mol. The Kier molecular flexibility index (Phi) is 26.3. The van der Waals surface area contributed by atoms with Crippen LogP contribution in [0.1, 0.15) is 77.0 Å². The number of nitrogens with one attached hydrogen (secondary N) is 3. The summed E-state index contributed by atoms with van der Waals surface area (Å²) >= 11 is 10.8. The minimum Gasteiger partial charge on any atom is -0.497 e. The van der Waals surface area contributed by atoms with Crippen LogP contribution >= 0.6 is 24.4 Å². The summed E-state index contributed by atoms with van der Waals surface area (Å²) in [4.78, 5) is 39.0. The summed E-state index contributed by atoms with van der Waals surface area (Å²) in [6.45, 7) is 1.28. The van der Waals surface area contributed by atoms with Crippen molar-refractivity contribution in [2.75, 3.05) is 34.5 Å². The number of benzene rings is 2. The first-order valence-electron chi connectivity index (χ1n) is 20.0. The average Bonchev–Trinajstić information content (AvgIpc) is 3.99. The van der Waals surface area contributed by atoms with Crippen LogP contribution in [0.2, 0.25) is 0 Å². The van der Waals surface area contributed by atoms with E-state index in [-0.39, 0.29) is 20.8 Å². The van der Waals surface area contributed by atoms with E-state index < -0.39 is 13.1 Å². The molecule has 0 radical (unpaired) electrons. The van der Waals surface area contributed by atoms with Crippen molar-refractivity contribution in [3.63, 3.8) is 0 Å². The molecule has 0 unspecified atom stereocenters. The van der Waals surface area contributed by atoms with Crippen LogP contribution in [-0.2, 0) is 22.4 Å². The Morgan fingerprint density at radius 1 is 0.778 bits per heavy atom. The summed E-state index contributed by atoms with van der Waals surface area (Å²) in [6, 6.07) is 22.5. The van der Waals surface area contributed by atoms with Crippen molar-refractivity contribution in [2.24, 2.45) is 5.73 Å². The van der Waals surface area contributed by atoms with Gasteiger partial charge in [-0.25, -0.2) is 14.8 Å². The van der Waals surface area contributed by atoms with Crippen LogP contribution in [0.15, 0.2) is 97.6 Å². The van der Waals surface area contributed by atoms with Crippen LogP contribution in [0, 0.1) is 23.7 Å². The molecule has 6 N–H and O–H groups in total. The van der Waals surface area contributed by atoms with E-state index in [1.54, 1.807) is 44.6 Å². The number of nitrogens with zero attached hydrogens (tertiary/aromatic N) is 2. The lowest BCUT2D eigenvalue weighted by atomic mass is 10.0. The highest BCUT2D eigenvalue weighted by Crippen LogP contribution is 2.19. The molecule has 2 aromatic carbocycles. The maximum Gasteiger partial charge on any atom is 0.382 e. The molecule has 0 aliphatic heterocycles. The molecule has 11 nitrogen and oxygen atoms in total. The number of halogens is 1. The molecule has 1 amide bonds. The van der Waals surface area contributed by atoms with Gasteiger partial charge in [0.25, 0.3) is 5.91 Å². The number of aromatic amines is 2. The number of hydrogen-bond acceptors (Lipinski definition) is 9. The van der Waals surface area contributed by atoms with Crippen molar-refractivity contribution in [1.82, 2.24) is 25.3 Å². The molecule has 6 aromatic rings. The Labute approximate surface area is 383 Å². The first-order chi connectivity index (χ1) is 30.1. The molecule has 0 saturated heterocycles. The summed E-state index contributed by atoms with van der Waals surface area (Å²) in [6.07, 6.45) is 14.8. The molecule has 0 fully saturated rings. The Bertz CT molecular complexity index is 2490. The minimum atomic E-state index is -1.14. The number of aryl methyl sites for hydroxylation is 2. The van der Waals surface area contributed by atoms with E-state index in [1.807, 2.05) is 61.0 Å². The molecule has 14 heteroatoms. The second-order valence-corrected chi connectivity index (χ2v) is 14.2. The zero-order valence-electron chi connectivity index (χ0n) is 35.3. The number of aromatic nitrogens is 4. The van der Waals surface area contributed by atoms with Gasteiger partial charge < -0.3 is 35.6 Å². The second-order valence-electron chi connectivity index (χ2n) is 13.0. The van der Waals surface area contributed by atoms with Crippen LogP contribution in [0.4, 0.5) is 4.39 Å². The molecule has 0 bridgehead atoms. The van der Waals surface area contributed by atoms with Gasteiger partial charge in [0.05, 0.1) is 22.7 Å². The monoisotopic (exact) mass is 895 g/mol. The molecule has 6 rings (SSSR count). The van der Waals surface area contributed by atoms with Crippen molar-refractivity contribution in [3.8, 4) is 35.2 Å². The molecule has 0 saturated carbocycles. The lowest BCUT2D eigenvalue weighted by Crippen LogP contribution is -2.23. The lowest BCUT2D eigenvalue weighted by molar-refractivity contribution is -0.130. The topological polar surface area (TPSA) is 168 Å². The molecule has 63 heavy (non-hydrogen) atoms. The number of ether oxygens (including phenoxy) is 2. The molecule has 334 valence electrons. The van der Waals surface area contributed by atoms with Crippen molar-refractivity contribution < 1.29 is 29.9 Å².